The van der Waals surface area contributed by atoms with E-state index in [0.29, 0.717) is 5.76 Å². The summed E-state index contributed by atoms with van der Waals surface area (Å²) >= 11 is 0. The van der Waals surface area contributed by atoms with Gasteiger partial charge in [-0.2, -0.15) is 4.68 Å². The highest BCUT2D eigenvalue weighted by Crippen LogP contribution is 2.47. The number of anilines is 1. The molecule has 0 aliphatic carbocycles. The van der Waals surface area contributed by atoms with Gasteiger partial charge in [0.1, 0.15) is 18.1 Å². The second-order valence-corrected chi connectivity index (χ2v) is 10.7. The molecule has 0 amide bonds. The fourth-order valence-corrected chi connectivity index (χ4v) is 5.73. The van der Waals surface area contributed by atoms with Crippen LogP contribution < -0.4 is 4.31 Å². The van der Waals surface area contributed by atoms with Gasteiger partial charge in [-0.05, 0) is 47.8 Å². The van der Waals surface area contributed by atoms with Crippen molar-refractivity contribution in [1.29, 1.82) is 0 Å². The highest BCUT2D eigenvalue weighted by Gasteiger charge is 2.40. The van der Waals surface area contributed by atoms with Crippen molar-refractivity contribution in [1.82, 2.24) is 9.78 Å². The Kier molecular flexibility index (Phi) is 6.39. The normalized spacial score (nSPS) is 13.9. The number of nitro benzene ring substituents is 2. The molecule has 16 heteroatoms. The lowest BCUT2D eigenvalue weighted by Crippen LogP contribution is -2.29. The van der Waals surface area contributed by atoms with Crippen LogP contribution in [0.5, 0.6) is 0 Å². The van der Waals surface area contributed by atoms with E-state index < -0.39 is 36.2 Å². The van der Waals surface area contributed by atoms with E-state index in [1.807, 2.05) is 0 Å². The smallest absolute Gasteiger partial charge is 0.389 e. The summed E-state index contributed by atoms with van der Waals surface area (Å²) in [5, 5.41) is 38.2. The highest BCUT2D eigenvalue weighted by molar-refractivity contribution is 7.92. The number of furan rings is 1. The van der Waals surface area contributed by atoms with Gasteiger partial charge in [-0.3, -0.25) is 24.5 Å². The molecule has 2 aromatic heterocycles. The minimum absolute atomic E-state index is 0.0495. The van der Waals surface area contributed by atoms with Gasteiger partial charge in [-0.25, -0.2) is 8.42 Å². The minimum atomic E-state index is -4.27. The lowest BCUT2D eigenvalue weighted by atomic mass is 10.0. The van der Waals surface area contributed by atoms with E-state index in [2.05, 4.69) is 5.10 Å². The van der Waals surface area contributed by atoms with Gasteiger partial charge in [0.25, 0.3) is 21.4 Å². The maximum Gasteiger partial charge on any atom is 0.389 e. The van der Waals surface area contributed by atoms with Crippen LogP contribution in [0.15, 0.2) is 70.1 Å². The quantitative estimate of drug-likeness (QED) is 0.219. The van der Waals surface area contributed by atoms with Crippen LogP contribution in [0.2, 0.25) is 0 Å². The van der Waals surface area contributed by atoms with Crippen LogP contribution in [0.25, 0.3) is 11.6 Å². The summed E-state index contributed by atoms with van der Waals surface area (Å²) in [6.07, 6.45) is 2.81. The van der Waals surface area contributed by atoms with Gasteiger partial charge >= 0.3 is 5.82 Å². The molecule has 0 spiro atoms. The van der Waals surface area contributed by atoms with E-state index in [4.69, 9.17) is 4.42 Å². The SMILES string of the molecule is Cc1ccc(S(=O)(=O)N2C/C(=C\c3ccc(Cn4ccc([N+](=O)[O-])n4)o3)c3c2cc([N+](=O)[O-])cc3[N+](=O)[O-])cc1. The maximum absolute atomic E-state index is 13.6. The van der Waals surface area contributed by atoms with Gasteiger partial charge in [-0.1, -0.05) is 17.7 Å². The van der Waals surface area contributed by atoms with Gasteiger partial charge in [-0.15, -0.1) is 0 Å². The van der Waals surface area contributed by atoms with Gasteiger partial charge in [0, 0.05) is 6.07 Å². The average molecular weight is 567 g/mol. The fraction of sp³-hybridized carbons (Fsp3) is 0.125. The Hall–Kier alpha value is -5.38. The first-order valence-corrected chi connectivity index (χ1v) is 12.9. The Morgan fingerprint density at radius 1 is 0.975 bits per heavy atom. The van der Waals surface area contributed by atoms with E-state index in [1.54, 1.807) is 25.1 Å². The van der Waals surface area contributed by atoms with Crippen molar-refractivity contribution in [3.05, 3.63) is 114 Å². The first-order chi connectivity index (χ1) is 18.9. The summed E-state index contributed by atoms with van der Waals surface area (Å²) in [5.41, 5.74) is -0.568. The Morgan fingerprint density at radius 2 is 1.70 bits per heavy atom. The van der Waals surface area contributed by atoms with Crippen molar-refractivity contribution in [2.24, 2.45) is 0 Å². The van der Waals surface area contributed by atoms with Crippen LogP contribution in [0, 0.1) is 37.3 Å². The number of hydrogen-bond donors (Lipinski definition) is 0. The molecule has 5 rings (SSSR count). The molecule has 0 radical (unpaired) electrons. The summed E-state index contributed by atoms with van der Waals surface area (Å²) in [6.45, 7) is 1.48. The molecule has 1 aliphatic rings. The van der Waals surface area contributed by atoms with Crippen molar-refractivity contribution in [3.8, 4) is 0 Å². The van der Waals surface area contributed by atoms with Crippen LogP contribution in [0.3, 0.4) is 0 Å². The van der Waals surface area contributed by atoms with Gasteiger partial charge in [0.05, 0.1) is 56.0 Å². The molecule has 4 aromatic rings. The average Bonchev–Trinajstić information content (AvgIpc) is 3.63. The van der Waals surface area contributed by atoms with Crippen molar-refractivity contribution in [3.63, 3.8) is 0 Å². The molecule has 0 unspecified atom stereocenters. The van der Waals surface area contributed by atoms with Crippen molar-refractivity contribution < 1.29 is 27.6 Å². The molecular formula is C24H18N6O9S. The van der Waals surface area contributed by atoms with Crippen LogP contribution in [-0.2, 0) is 16.6 Å². The Bertz CT molecular complexity index is 1820. The van der Waals surface area contributed by atoms with Crippen LogP contribution in [0.4, 0.5) is 22.9 Å². The zero-order valence-electron chi connectivity index (χ0n) is 20.5. The number of fused-ring (bicyclic) bond motifs is 1. The monoisotopic (exact) mass is 566 g/mol. The highest BCUT2D eigenvalue weighted by atomic mass is 32.2. The maximum atomic E-state index is 13.6. The van der Waals surface area contributed by atoms with E-state index in [9.17, 15) is 38.8 Å². The molecule has 1 aliphatic heterocycles. The summed E-state index contributed by atoms with van der Waals surface area (Å²) in [4.78, 5) is 32.0. The molecule has 0 saturated carbocycles. The molecule has 2 aromatic carbocycles. The van der Waals surface area contributed by atoms with Crippen molar-refractivity contribution >= 4 is 44.6 Å². The van der Waals surface area contributed by atoms with E-state index >= 15 is 0 Å². The van der Waals surface area contributed by atoms with E-state index in [0.717, 1.165) is 22.0 Å². The van der Waals surface area contributed by atoms with Gasteiger partial charge in [0.2, 0.25) is 0 Å². The largest absolute Gasteiger partial charge is 0.460 e. The number of sulfonamides is 1. The lowest BCUT2D eigenvalue weighted by molar-refractivity contribution is -0.394. The molecule has 40 heavy (non-hydrogen) atoms. The zero-order valence-corrected chi connectivity index (χ0v) is 21.3. The number of rotatable bonds is 8. The predicted molar refractivity (Wildman–Crippen MR) is 140 cm³/mol. The van der Waals surface area contributed by atoms with E-state index in [1.165, 1.54) is 41.2 Å². The first-order valence-electron chi connectivity index (χ1n) is 11.5. The Balaban J connectivity index is 1.59. The number of benzene rings is 2. The summed E-state index contributed by atoms with van der Waals surface area (Å²) < 4.78 is 35.2. The lowest BCUT2D eigenvalue weighted by Gasteiger charge is -2.19. The van der Waals surface area contributed by atoms with Crippen LogP contribution >= 0.6 is 0 Å². The third-order valence-electron chi connectivity index (χ3n) is 6.13. The summed E-state index contributed by atoms with van der Waals surface area (Å²) in [5.74, 6) is 0.220. The van der Waals surface area contributed by atoms with Crippen LogP contribution in [0.1, 0.15) is 22.6 Å². The Morgan fingerprint density at radius 3 is 2.33 bits per heavy atom. The van der Waals surface area contributed by atoms with Crippen LogP contribution in [-0.4, -0.2) is 39.5 Å². The number of aromatic nitrogens is 2. The van der Waals surface area contributed by atoms with E-state index in [-0.39, 0.29) is 46.4 Å². The fourth-order valence-electron chi connectivity index (χ4n) is 4.29. The zero-order chi connectivity index (χ0) is 28.8. The molecule has 3 heterocycles. The number of hydrogen-bond acceptors (Lipinski definition) is 10. The Labute approximate surface area is 225 Å². The molecular weight excluding hydrogens is 548 g/mol. The topological polar surface area (TPSA) is 198 Å². The standard InChI is InChI=1S/C24H18N6O9S/c1-15-2-6-20(7-3-15)40(37,38)27-13-16(24-21(27)11-17(28(31)32)12-22(24)29(33)34)10-18-4-5-19(39-18)14-26-9-8-23(25-26)30(35)36/h2-12H,13-14H2,1H3/b16-10+. The second kappa shape index (κ2) is 9.73. The molecule has 0 fully saturated rings. The predicted octanol–water partition coefficient (Wildman–Crippen LogP) is 4.31. The summed E-state index contributed by atoms with van der Waals surface area (Å²) in [6, 6.07) is 12.1. The molecule has 15 nitrogen and oxygen atoms in total. The van der Waals surface area contributed by atoms with Crippen molar-refractivity contribution in [2.75, 3.05) is 10.8 Å². The van der Waals surface area contributed by atoms with Gasteiger partial charge < -0.3 is 14.5 Å². The third kappa shape index (κ3) is 4.78. The number of nitro groups is 3. The third-order valence-corrected chi connectivity index (χ3v) is 7.91. The molecule has 0 saturated heterocycles. The number of nitrogens with zero attached hydrogens (tertiary/aromatic N) is 6. The first kappa shape index (κ1) is 26.2. The molecule has 0 bridgehead atoms. The molecule has 204 valence electrons. The molecule has 0 atom stereocenters. The van der Waals surface area contributed by atoms with Crippen molar-refractivity contribution in [2.45, 2.75) is 18.4 Å². The number of non-ortho nitro benzene ring substituents is 1. The minimum Gasteiger partial charge on any atom is -0.460 e. The second-order valence-electron chi connectivity index (χ2n) is 8.80. The van der Waals surface area contributed by atoms with Gasteiger partial charge in [0.15, 0.2) is 0 Å². The molecule has 0 N–H and O–H groups in total. The summed E-state index contributed by atoms with van der Waals surface area (Å²) in [7, 11) is -4.27. The number of aryl methyl sites for hydroxylation is 1.